The lowest BCUT2D eigenvalue weighted by Gasteiger charge is -2.32. The molecule has 3 heteroatoms. The summed E-state index contributed by atoms with van der Waals surface area (Å²) in [4.78, 5) is 2.24. The molecule has 0 aromatic rings. The topological polar surface area (TPSA) is 43.7 Å². The summed E-state index contributed by atoms with van der Waals surface area (Å²) in [6, 6.07) is 0.858. The first-order chi connectivity index (χ1) is 6.88. The number of aliphatic hydroxyl groups excluding tert-OH is 2. The Hall–Kier alpha value is -0.120. The molecule has 2 unspecified atom stereocenters. The highest BCUT2D eigenvalue weighted by Crippen LogP contribution is 2.09. The van der Waals surface area contributed by atoms with Crippen molar-refractivity contribution in [2.75, 3.05) is 6.54 Å². The summed E-state index contributed by atoms with van der Waals surface area (Å²) >= 11 is 0. The zero-order valence-electron chi connectivity index (χ0n) is 10.8. The van der Waals surface area contributed by atoms with E-state index in [1.807, 2.05) is 6.92 Å². The van der Waals surface area contributed by atoms with E-state index >= 15 is 0 Å². The highest BCUT2D eigenvalue weighted by Gasteiger charge is 2.19. The Morgan fingerprint density at radius 2 is 1.40 bits per heavy atom. The van der Waals surface area contributed by atoms with Crippen LogP contribution in [-0.2, 0) is 0 Å². The molecule has 0 heterocycles. The lowest BCUT2D eigenvalue weighted by atomic mass is 10.1. The lowest BCUT2D eigenvalue weighted by Crippen LogP contribution is -2.42. The van der Waals surface area contributed by atoms with E-state index in [9.17, 15) is 10.2 Å². The van der Waals surface area contributed by atoms with E-state index in [1.165, 1.54) is 0 Å². The van der Waals surface area contributed by atoms with Crippen LogP contribution >= 0.6 is 0 Å². The summed E-state index contributed by atoms with van der Waals surface area (Å²) in [5.74, 6) is 0. The molecule has 0 fully saturated rings. The van der Waals surface area contributed by atoms with Crippen LogP contribution in [0.1, 0.15) is 47.5 Å². The SMILES string of the molecule is CCC(O)CC(O)CN(C(C)C)C(C)C. The van der Waals surface area contributed by atoms with E-state index in [-0.39, 0.29) is 6.10 Å². The fourth-order valence-corrected chi connectivity index (χ4v) is 1.82. The van der Waals surface area contributed by atoms with Crippen molar-refractivity contribution in [3.05, 3.63) is 0 Å². The molecule has 0 rings (SSSR count). The van der Waals surface area contributed by atoms with Gasteiger partial charge in [-0.25, -0.2) is 0 Å². The lowest BCUT2D eigenvalue weighted by molar-refractivity contribution is 0.0346. The number of nitrogens with zero attached hydrogens (tertiary/aromatic N) is 1. The third kappa shape index (κ3) is 6.13. The zero-order chi connectivity index (χ0) is 12.0. The van der Waals surface area contributed by atoms with Crippen molar-refractivity contribution in [1.29, 1.82) is 0 Å². The maximum atomic E-state index is 9.82. The number of hydrogen-bond acceptors (Lipinski definition) is 3. The number of hydrogen-bond donors (Lipinski definition) is 2. The monoisotopic (exact) mass is 217 g/mol. The van der Waals surface area contributed by atoms with Crippen molar-refractivity contribution < 1.29 is 10.2 Å². The molecular weight excluding hydrogens is 190 g/mol. The Labute approximate surface area is 94.1 Å². The van der Waals surface area contributed by atoms with E-state index < -0.39 is 6.10 Å². The van der Waals surface area contributed by atoms with Crippen LogP contribution in [0, 0.1) is 0 Å². The quantitative estimate of drug-likeness (QED) is 0.681. The molecule has 2 N–H and O–H groups in total. The first kappa shape index (κ1) is 14.9. The van der Waals surface area contributed by atoms with Gasteiger partial charge in [-0.2, -0.15) is 0 Å². The zero-order valence-corrected chi connectivity index (χ0v) is 10.8. The van der Waals surface area contributed by atoms with Gasteiger partial charge in [0.15, 0.2) is 0 Å². The van der Waals surface area contributed by atoms with E-state index in [1.54, 1.807) is 0 Å². The Morgan fingerprint density at radius 3 is 1.73 bits per heavy atom. The Morgan fingerprint density at radius 1 is 0.933 bits per heavy atom. The molecule has 0 spiro atoms. The van der Waals surface area contributed by atoms with Crippen molar-refractivity contribution in [3.63, 3.8) is 0 Å². The molecule has 3 nitrogen and oxygen atoms in total. The predicted molar refractivity (Wildman–Crippen MR) is 63.9 cm³/mol. The molecule has 0 saturated carbocycles. The van der Waals surface area contributed by atoms with Gasteiger partial charge < -0.3 is 10.2 Å². The van der Waals surface area contributed by atoms with Gasteiger partial charge in [0, 0.05) is 25.0 Å². The minimum atomic E-state index is -0.426. The van der Waals surface area contributed by atoms with Gasteiger partial charge in [0.1, 0.15) is 0 Å². The first-order valence-corrected chi connectivity index (χ1v) is 6.00. The van der Waals surface area contributed by atoms with Crippen molar-refractivity contribution in [1.82, 2.24) is 4.90 Å². The Kier molecular flexibility index (Phi) is 7.14. The van der Waals surface area contributed by atoms with Gasteiger partial charge >= 0.3 is 0 Å². The number of aliphatic hydroxyl groups is 2. The Balaban J connectivity index is 4.05. The third-order valence-corrected chi connectivity index (χ3v) is 2.76. The fraction of sp³-hybridized carbons (Fsp3) is 1.00. The molecule has 2 atom stereocenters. The summed E-state index contributed by atoms with van der Waals surface area (Å²) in [6.07, 6.45) is 0.387. The average Bonchev–Trinajstić information content (AvgIpc) is 2.12. The van der Waals surface area contributed by atoms with Crippen LogP contribution in [0.15, 0.2) is 0 Å². The van der Waals surface area contributed by atoms with Gasteiger partial charge in [-0.3, -0.25) is 4.90 Å². The van der Waals surface area contributed by atoms with Crippen molar-refractivity contribution in [2.45, 2.75) is 71.8 Å². The van der Waals surface area contributed by atoms with Crippen LogP contribution < -0.4 is 0 Å². The van der Waals surface area contributed by atoms with Gasteiger partial charge in [0.2, 0.25) is 0 Å². The van der Waals surface area contributed by atoms with Crippen LogP contribution in [0.3, 0.4) is 0 Å². The summed E-state index contributed by atoms with van der Waals surface area (Å²) in [5, 5.41) is 19.3. The maximum absolute atomic E-state index is 9.82. The molecule has 15 heavy (non-hydrogen) atoms. The minimum Gasteiger partial charge on any atom is -0.393 e. The second-order valence-electron chi connectivity index (χ2n) is 4.84. The molecule has 92 valence electrons. The van der Waals surface area contributed by atoms with Crippen molar-refractivity contribution in [2.24, 2.45) is 0 Å². The molecule has 0 aliphatic carbocycles. The van der Waals surface area contributed by atoms with E-state index in [0.717, 1.165) is 0 Å². The highest BCUT2D eigenvalue weighted by molar-refractivity contribution is 4.73. The molecule has 0 aromatic heterocycles. The fourth-order valence-electron chi connectivity index (χ4n) is 1.82. The summed E-state index contributed by atoms with van der Waals surface area (Å²) in [7, 11) is 0. The van der Waals surface area contributed by atoms with Crippen LogP contribution in [0.25, 0.3) is 0 Å². The molecule has 0 aromatic carbocycles. The van der Waals surface area contributed by atoms with Gasteiger partial charge in [-0.05, 0) is 34.1 Å². The maximum Gasteiger partial charge on any atom is 0.0691 e. The van der Waals surface area contributed by atoms with Gasteiger partial charge in [0.05, 0.1) is 12.2 Å². The van der Waals surface area contributed by atoms with E-state index in [0.29, 0.717) is 31.5 Å². The predicted octanol–water partition coefficient (Wildman–Crippen LogP) is 1.63. The van der Waals surface area contributed by atoms with Crippen LogP contribution in [0.5, 0.6) is 0 Å². The van der Waals surface area contributed by atoms with Crippen LogP contribution in [0.2, 0.25) is 0 Å². The summed E-state index contributed by atoms with van der Waals surface area (Å²) in [5.41, 5.74) is 0. The summed E-state index contributed by atoms with van der Waals surface area (Å²) < 4.78 is 0. The summed E-state index contributed by atoms with van der Waals surface area (Å²) in [6.45, 7) is 11.1. The van der Waals surface area contributed by atoms with Gasteiger partial charge in [0.25, 0.3) is 0 Å². The largest absolute Gasteiger partial charge is 0.393 e. The van der Waals surface area contributed by atoms with Crippen molar-refractivity contribution >= 4 is 0 Å². The molecule has 0 saturated heterocycles. The standard InChI is InChI=1S/C12H27NO2/c1-6-11(14)7-12(15)8-13(9(2)3)10(4)5/h9-12,14-15H,6-8H2,1-5H3. The molecule has 0 radical (unpaired) electrons. The second kappa shape index (κ2) is 7.20. The first-order valence-electron chi connectivity index (χ1n) is 6.00. The van der Waals surface area contributed by atoms with Crippen LogP contribution in [0.4, 0.5) is 0 Å². The molecular formula is C12H27NO2. The van der Waals surface area contributed by atoms with E-state index in [4.69, 9.17) is 0 Å². The smallest absolute Gasteiger partial charge is 0.0691 e. The normalized spacial score (nSPS) is 16.4. The molecule has 0 aliphatic rings. The second-order valence-corrected chi connectivity index (χ2v) is 4.84. The Bertz CT molecular complexity index is 152. The molecule has 0 bridgehead atoms. The molecule has 0 amide bonds. The number of rotatable bonds is 7. The third-order valence-electron chi connectivity index (χ3n) is 2.76. The van der Waals surface area contributed by atoms with E-state index in [2.05, 4.69) is 32.6 Å². The van der Waals surface area contributed by atoms with Crippen molar-refractivity contribution in [3.8, 4) is 0 Å². The van der Waals surface area contributed by atoms with Gasteiger partial charge in [-0.1, -0.05) is 6.92 Å². The average molecular weight is 217 g/mol. The van der Waals surface area contributed by atoms with Gasteiger partial charge in [-0.15, -0.1) is 0 Å². The molecule has 0 aliphatic heterocycles. The van der Waals surface area contributed by atoms with Crippen LogP contribution in [-0.4, -0.2) is 45.9 Å². The minimum absolute atomic E-state index is 0.374. The highest BCUT2D eigenvalue weighted by atomic mass is 16.3.